The van der Waals surface area contributed by atoms with Crippen LogP contribution in [0.5, 0.6) is 17.2 Å². The monoisotopic (exact) mass is 403 g/mol. The molecule has 3 aromatic rings. The fourth-order valence-corrected chi connectivity index (χ4v) is 3.14. The van der Waals surface area contributed by atoms with Crippen LogP contribution in [0.15, 0.2) is 66.7 Å². The molecule has 1 unspecified atom stereocenters. The number of hydrogen-bond donors (Lipinski definition) is 1. The van der Waals surface area contributed by atoms with Gasteiger partial charge in [0, 0.05) is 11.3 Å². The van der Waals surface area contributed by atoms with Crippen molar-refractivity contribution in [1.82, 2.24) is 0 Å². The van der Waals surface area contributed by atoms with E-state index in [1.807, 2.05) is 38.1 Å². The van der Waals surface area contributed by atoms with E-state index in [4.69, 9.17) is 14.2 Å². The zero-order valence-electron chi connectivity index (χ0n) is 16.7. The number of ether oxygens (including phenoxy) is 3. The molecule has 3 aromatic carbocycles. The Bertz CT molecular complexity index is 1090. The molecule has 0 spiro atoms. The topological polar surface area (TPSA) is 73.9 Å². The highest BCUT2D eigenvalue weighted by Gasteiger charge is 2.29. The standard InChI is InChI=1S/C24H21NO5/c1-15-7-12-19(16(2)13-15)25-23(26)17-8-10-18(11-9-17)29-24(27)22-14-28-20-5-3-4-6-21(20)30-22/h3-13,22H,14H2,1-2H3,(H,25,26). The van der Waals surface area contributed by atoms with Crippen molar-refractivity contribution < 1.29 is 23.8 Å². The highest BCUT2D eigenvalue weighted by molar-refractivity contribution is 6.04. The molecular weight excluding hydrogens is 382 g/mol. The van der Waals surface area contributed by atoms with Crippen molar-refractivity contribution in [3.05, 3.63) is 83.4 Å². The van der Waals surface area contributed by atoms with Crippen molar-refractivity contribution in [3.63, 3.8) is 0 Å². The van der Waals surface area contributed by atoms with Gasteiger partial charge in [-0.1, -0.05) is 29.8 Å². The van der Waals surface area contributed by atoms with Gasteiger partial charge in [0.15, 0.2) is 11.5 Å². The maximum absolute atomic E-state index is 12.5. The van der Waals surface area contributed by atoms with Crippen LogP contribution in [0.4, 0.5) is 5.69 Å². The number of benzene rings is 3. The lowest BCUT2D eigenvalue weighted by atomic mass is 10.1. The van der Waals surface area contributed by atoms with Gasteiger partial charge in [-0.3, -0.25) is 4.79 Å². The zero-order chi connectivity index (χ0) is 21.1. The Balaban J connectivity index is 1.37. The van der Waals surface area contributed by atoms with Crippen LogP contribution >= 0.6 is 0 Å². The molecule has 0 aromatic heterocycles. The van der Waals surface area contributed by atoms with E-state index >= 15 is 0 Å². The van der Waals surface area contributed by atoms with Crippen LogP contribution in [-0.4, -0.2) is 24.6 Å². The number of carbonyl (C=O) groups is 2. The van der Waals surface area contributed by atoms with Gasteiger partial charge in [0.25, 0.3) is 5.91 Å². The second kappa shape index (κ2) is 8.29. The predicted octanol–water partition coefficient (Wildman–Crippen LogP) is 4.30. The molecule has 4 rings (SSSR count). The summed E-state index contributed by atoms with van der Waals surface area (Å²) in [5.41, 5.74) is 3.34. The molecule has 0 saturated heterocycles. The largest absolute Gasteiger partial charge is 0.485 e. The summed E-state index contributed by atoms with van der Waals surface area (Å²) in [6, 6.07) is 19.3. The SMILES string of the molecule is Cc1ccc(NC(=O)c2ccc(OC(=O)C3COc4ccccc4O3)cc2)c(C)c1. The van der Waals surface area contributed by atoms with Gasteiger partial charge in [0.1, 0.15) is 12.4 Å². The Morgan fingerprint density at radius 3 is 2.43 bits per heavy atom. The highest BCUT2D eigenvalue weighted by atomic mass is 16.6. The fraction of sp³-hybridized carbons (Fsp3) is 0.167. The van der Waals surface area contributed by atoms with E-state index in [1.165, 1.54) is 0 Å². The maximum atomic E-state index is 12.5. The second-order valence-electron chi connectivity index (χ2n) is 7.08. The first-order valence-corrected chi connectivity index (χ1v) is 9.58. The number of anilines is 1. The Hall–Kier alpha value is -3.80. The molecule has 6 heteroatoms. The molecule has 0 radical (unpaired) electrons. The normalized spacial score (nSPS) is 14.7. The lowest BCUT2D eigenvalue weighted by molar-refractivity contribution is -0.144. The van der Waals surface area contributed by atoms with Crippen molar-refractivity contribution in [3.8, 4) is 17.2 Å². The predicted molar refractivity (Wildman–Crippen MR) is 112 cm³/mol. The summed E-state index contributed by atoms with van der Waals surface area (Å²) in [4.78, 5) is 24.9. The van der Waals surface area contributed by atoms with E-state index in [1.54, 1.807) is 42.5 Å². The van der Waals surface area contributed by atoms with Gasteiger partial charge in [-0.25, -0.2) is 4.79 Å². The highest BCUT2D eigenvalue weighted by Crippen LogP contribution is 2.31. The first kappa shape index (κ1) is 19.5. The lowest BCUT2D eigenvalue weighted by Gasteiger charge is -2.24. The van der Waals surface area contributed by atoms with Crippen molar-refractivity contribution >= 4 is 17.6 Å². The molecule has 1 aliphatic heterocycles. The number of fused-ring (bicyclic) bond motifs is 1. The zero-order valence-corrected chi connectivity index (χ0v) is 16.7. The molecule has 0 aliphatic carbocycles. The Morgan fingerprint density at radius 1 is 0.967 bits per heavy atom. The Labute approximate surface area is 174 Å². The molecule has 6 nitrogen and oxygen atoms in total. The third-order valence-corrected chi connectivity index (χ3v) is 4.74. The molecule has 1 amide bonds. The number of aryl methyl sites for hydroxylation is 2. The van der Waals surface area contributed by atoms with E-state index in [2.05, 4.69) is 5.32 Å². The quantitative estimate of drug-likeness (QED) is 0.519. The van der Waals surface area contributed by atoms with Gasteiger partial charge in [-0.15, -0.1) is 0 Å². The van der Waals surface area contributed by atoms with Gasteiger partial charge in [0.05, 0.1) is 0 Å². The van der Waals surface area contributed by atoms with E-state index in [9.17, 15) is 9.59 Å². The third-order valence-electron chi connectivity index (χ3n) is 4.74. The van der Waals surface area contributed by atoms with Crippen LogP contribution in [0, 0.1) is 13.8 Å². The molecule has 1 N–H and O–H groups in total. The van der Waals surface area contributed by atoms with Gasteiger partial charge in [-0.05, 0) is 61.9 Å². The molecule has 0 bridgehead atoms. The molecule has 0 saturated carbocycles. The number of carbonyl (C=O) groups excluding carboxylic acids is 2. The molecule has 1 heterocycles. The van der Waals surface area contributed by atoms with Crippen LogP contribution in [0.1, 0.15) is 21.5 Å². The summed E-state index contributed by atoms with van der Waals surface area (Å²) >= 11 is 0. The van der Waals surface area contributed by atoms with Gasteiger partial charge in [0.2, 0.25) is 6.10 Å². The average Bonchev–Trinajstić information content (AvgIpc) is 2.75. The van der Waals surface area contributed by atoms with Crippen LogP contribution in [0.25, 0.3) is 0 Å². The summed E-state index contributed by atoms with van der Waals surface area (Å²) < 4.78 is 16.6. The van der Waals surface area contributed by atoms with Gasteiger partial charge < -0.3 is 19.5 Å². The molecular formula is C24H21NO5. The van der Waals surface area contributed by atoms with Crippen LogP contribution in [-0.2, 0) is 4.79 Å². The van der Waals surface area contributed by atoms with Crippen molar-refractivity contribution in [2.75, 3.05) is 11.9 Å². The first-order chi connectivity index (χ1) is 14.5. The van der Waals surface area contributed by atoms with Crippen molar-refractivity contribution in [2.45, 2.75) is 20.0 Å². The number of nitrogens with one attached hydrogen (secondary N) is 1. The van der Waals surface area contributed by atoms with Crippen molar-refractivity contribution in [1.29, 1.82) is 0 Å². The molecule has 1 aliphatic rings. The Kier molecular flexibility index (Phi) is 5.39. The van der Waals surface area contributed by atoms with E-state index in [-0.39, 0.29) is 12.5 Å². The maximum Gasteiger partial charge on any atom is 0.356 e. The summed E-state index contributed by atoms with van der Waals surface area (Å²) in [7, 11) is 0. The average molecular weight is 403 g/mol. The minimum absolute atomic E-state index is 0.0756. The number of hydrogen-bond acceptors (Lipinski definition) is 5. The summed E-state index contributed by atoms with van der Waals surface area (Å²) in [5.74, 6) is 0.632. The number of amides is 1. The minimum atomic E-state index is -0.854. The fourth-order valence-electron chi connectivity index (χ4n) is 3.14. The Morgan fingerprint density at radius 2 is 1.70 bits per heavy atom. The number of para-hydroxylation sites is 2. The van der Waals surface area contributed by atoms with Crippen LogP contribution in [0.3, 0.4) is 0 Å². The molecule has 30 heavy (non-hydrogen) atoms. The first-order valence-electron chi connectivity index (χ1n) is 9.58. The van der Waals surface area contributed by atoms with Crippen molar-refractivity contribution in [2.24, 2.45) is 0 Å². The minimum Gasteiger partial charge on any atom is -0.485 e. The van der Waals surface area contributed by atoms with E-state index in [0.29, 0.717) is 22.8 Å². The van der Waals surface area contributed by atoms with Gasteiger partial charge >= 0.3 is 5.97 Å². The smallest absolute Gasteiger partial charge is 0.356 e. The third kappa shape index (κ3) is 4.27. The summed E-state index contributed by atoms with van der Waals surface area (Å²) in [6.45, 7) is 4.02. The van der Waals surface area contributed by atoms with E-state index in [0.717, 1.165) is 16.8 Å². The lowest BCUT2D eigenvalue weighted by Crippen LogP contribution is -2.39. The molecule has 1 atom stereocenters. The number of rotatable bonds is 4. The van der Waals surface area contributed by atoms with Crippen LogP contribution in [0.2, 0.25) is 0 Å². The van der Waals surface area contributed by atoms with E-state index < -0.39 is 12.1 Å². The summed E-state index contributed by atoms with van der Waals surface area (Å²) in [6.07, 6.45) is -0.854. The number of esters is 1. The molecule has 0 fully saturated rings. The second-order valence-corrected chi connectivity index (χ2v) is 7.08. The summed E-state index contributed by atoms with van der Waals surface area (Å²) in [5, 5.41) is 2.89. The molecule has 152 valence electrons. The van der Waals surface area contributed by atoms with Crippen LogP contribution < -0.4 is 19.5 Å². The van der Waals surface area contributed by atoms with Gasteiger partial charge in [-0.2, -0.15) is 0 Å².